The summed E-state index contributed by atoms with van der Waals surface area (Å²) in [6, 6.07) is 5.71. The van der Waals surface area contributed by atoms with Crippen molar-refractivity contribution in [1.82, 2.24) is 10.2 Å². The number of hydrogen-bond donors (Lipinski definition) is 2. The summed E-state index contributed by atoms with van der Waals surface area (Å²) in [6.45, 7) is 3.56. The van der Waals surface area contributed by atoms with Crippen molar-refractivity contribution in [2.24, 2.45) is 0 Å². The predicted molar refractivity (Wildman–Crippen MR) is 81.5 cm³/mol. The quantitative estimate of drug-likeness (QED) is 0.897. The molecule has 0 atom stereocenters. The third kappa shape index (κ3) is 3.35. The zero-order chi connectivity index (χ0) is 14.8. The molecule has 2 aliphatic rings. The van der Waals surface area contributed by atoms with Crippen LogP contribution in [-0.2, 0) is 0 Å². The van der Waals surface area contributed by atoms with Gasteiger partial charge in [0.15, 0.2) is 0 Å². The normalized spacial score (nSPS) is 17.7. The first-order chi connectivity index (χ1) is 10.1. The Bertz CT molecular complexity index is 561. The molecule has 1 aromatic carbocycles. The van der Waals surface area contributed by atoms with Crippen LogP contribution in [0.2, 0.25) is 0 Å². The first-order valence-corrected chi connectivity index (χ1v) is 7.61. The highest BCUT2D eigenvalue weighted by Gasteiger charge is 2.24. The van der Waals surface area contributed by atoms with Crippen LogP contribution >= 0.6 is 0 Å². The van der Waals surface area contributed by atoms with Crippen LogP contribution in [0.4, 0.5) is 10.5 Å². The second-order valence-corrected chi connectivity index (χ2v) is 5.90. The second kappa shape index (κ2) is 5.76. The lowest BCUT2D eigenvalue weighted by atomic mass is 10.1. The molecule has 21 heavy (non-hydrogen) atoms. The van der Waals surface area contributed by atoms with Gasteiger partial charge in [0.05, 0.1) is 0 Å². The van der Waals surface area contributed by atoms with Crippen LogP contribution < -0.4 is 10.6 Å². The summed E-state index contributed by atoms with van der Waals surface area (Å²) in [4.78, 5) is 26.0. The number of anilines is 1. The number of nitrogens with zero attached hydrogens (tertiary/aromatic N) is 1. The van der Waals surface area contributed by atoms with Gasteiger partial charge in [-0.15, -0.1) is 0 Å². The van der Waals surface area contributed by atoms with E-state index >= 15 is 0 Å². The van der Waals surface area contributed by atoms with Crippen LogP contribution in [0.1, 0.15) is 41.6 Å². The molecule has 5 nitrogen and oxygen atoms in total. The van der Waals surface area contributed by atoms with E-state index in [1.807, 2.05) is 17.9 Å². The number of carbonyl (C=O) groups is 2. The van der Waals surface area contributed by atoms with Crippen LogP contribution in [0.15, 0.2) is 18.2 Å². The number of likely N-dealkylation sites (tertiary alicyclic amines) is 1. The summed E-state index contributed by atoms with van der Waals surface area (Å²) in [6.07, 6.45) is 4.26. The molecule has 2 fully saturated rings. The Balaban J connectivity index is 1.70. The molecule has 3 amide bonds. The SMILES string of the molecule is Cc1ccc(C(=O)NC2CC2)cc1NC(=O)N1CCCC1. The summed E-state index contributed by atoms with van der Waals surface area (Å²) >= 11 is 0. The van der Waals surface area contributed by atoms with Gasteiger partial charge in [0.2, 0.25) is 0 Å². The molecule has 0 unspecified atom stereocenters. The van der Waals surface area contributed by atoms with Crippen molar-refractivity contribution in [2.45, 2.75) is 38.6 Å². The minimum atomic E-state index is -0.0737. The molecule has 1 heterocycles. The molecule has 1 saturated carbocycles. The lowest BCUT2D eigenvalue weighted by Crippen LogP contribution is -2.32. The van der Waals surface area contributed by atoms with Crippen molar-refractivity contribution in [3.8, 4) is 0 Å². The van der Waals surface area contributed by atoms with E-state index in [1.165, 1.54) is 0 Å². The van der Waals surface area contributed by atoms with Crippen molar-refractivity contribution in [2.75, 3.05) is 18.4 Å². The maximum absolute atomic E-state index is 12.2. The van der Waals surface area contributed by atoms with Gasteiger partial charge in [-0.1, -0.05) is 6.07 Å². The van der Waals surface area contributed by atoms with Crippen LogP contribution in [-0.4, -0.2) is 36.0 Å². The maximum atomic E-state index is 12.2. The summed E-state index contributed by atoms with van der Waals surface area (Å²) < 4.78 is 0. The number of urea groups is 1. The van der Waals surface area contributed by atoms with Gasteiger partial charge >= 0.3 is 6.03 Å². The molecular weight excluding hydrogens is 266 g/mol. The summed E-state index contributed by atoms with van der Waals surface area (Å²) in [5.41, 5.74) is 2.28. The molecule has 3 rings (SSSR count). The Morgan fingerprint density at radius 3 is 2.57 bits per heavy atom. The second-order valence-electron chi connectivity index (χ2n) is 5.90. The highest BCUT2D eigenvalue weighted by Crippen LogP contribution is 2.22. The number of aryl methyl sites for hydroxylation is 1. The third-order valence-corrected chi connectivity index (χ3v) is 4.05. The number of amides is 3. The zero-order valence-electron chi connectivity index (χ0n) is 12.3. The van der Waals surface area contributed by atoms with E-state index in [-0.39, 0.29) is 11.9 Å². The molecule has 0 spiro atoms. The van der Waals surface area contributed by atoms with E-state index in [1.54, 1.807) is 12.1 Å². The maximum Gasteiger partial charge on any atom is 0.321 e. The molecule has 0 radical (unpaired) electrons. The van der Waals surface area contributed by atoms with Crippen LogP contribution in [0.3, 0.4) is 0 Å². The highest BCUT2D eigenvalue weighted by atomic mass is 16.2. The zero-order valence-corrected chi connectivity index (χ0v) is 12.3. The number of hydrogen-bond acceptors (Lipinski definition) is 2. The van der Waals surface area contributed by atoms with Crippen molar-refractivity contribution < 1.29 is 9.59 Å². The van der Waals surface area contributed by atoms with Gasteiger partial charge in [-0.3, -0.25) is 4.79 Å². The Morgan fingerprint density at radius 1 is 1.19 bits per heavy atom. The van der Waals surface area contributed by atoms with E-state index in [0.29, 0.717) is 11.6 Å². The molecule has 5 heteroatoms. The molecule has 2 N–H and O–H groups in total. The third-order valence-electron chi connectivity index (χ3n) is 4.05. The molecule has 1 saturated heterocycles. The van der Waals surface area contributed by atoms with Crippen molar-refractivity contribution in [3.63, 3.8) is 0 Å². The topological polar surface area (TPSA) is 61.4 Å². The molecule has 1 aliphatic carbocycles. The van der Waals surface area contributed by atoms with Crippen LogP contribution in [0.5, 0.6) is 0 Å². The lowest BCUT2D eigenvalue weighted by Gasteiger charge is -2.17. The Morgan fingerprint density at radius 2 is 1.90 bits per heavy atom. The average molecular weight is 287 g/mol. The predicted octanol–water partition coefficient (Wildman–Crippen LogP) is 2.51. The van der Waals surface area contributed by atoms with Crippen molar-refractivity contribution in [1.29, 1.82) is 0 Å². The highest BCUT2D eigenvalue weighted by molar-refractivity contribution is 5.97. The van der Waals surface area contributed by atoms with Crippen molar-refractivity contribution >= 4 is 17.6 Å². The fourth-order valence-corrected chi connectivity index (χ4v) is 2.51. The number of nitrogens with one attached hydrogen (secondary N) is 2. The van der Waals surface area contributed by atoms with Gasteiger partial charge in [0.1, 0.15) is 0 Å². The average Bonchev–Trinajstić information content (AvgIpc) is 3.10. The molecule has 1 aliphatic heterocycles. The van der Waals surface area contributed by atoms with Crippen LogP contribution in [0, 0.1) is 6.92 Å². The molecule has 112 valence electrons. The van der Waals surface area contributed by atoms with E-state index in [2.05, 4.69) is 10.6 Å². The Kier molecular flexibility index (Phi) is 3.82. The standard InChI is InChI=1S/C16H21N3O2/c1-11-4-5-12(15(20)17-13-6-7-13)10-14(11)18-16(21)19-8-2-3-9-19/h4-5,10,13H,2-3,6-9H2,1H3,(H,17,20)(H,18,21). The van der Waals surface area contributed by atoms with E-state index < -0.39 is 0 Å². The summed E-state index contributed by atoms with van der Waals surface area (Å²) in [5, 5.41) is 5.89. The van der Waals surface area contributed by atoms with Crippen LogP contribution in [0.25, 0.3) is 0 Å². The molecule has 0 bridgehead atoms. The van der Waals surface area contributed by atoms with Crippen molar-refractivity contribution in [3.05, 3.63) is 29.3 Å². The number of benzene rings is 1. The number of carbonyl (C=O) groups excluding carboxylic acids is 2. The number of rotatable bonds is 3. The van der Waals surface area contributed by atoms with Gasteiger partial charge in [0.25, 0.3) is 5.91 Å². The Labute approximate surface area is 124 Å². The fourth-order valence-electron chi connectivity index (χ4n) is 2.51. The largest absolute Gasteiger partial charge is 0.349 e. The molecule has 1 aromatic rings. The first kappa shape index (κ1) is 13.9. The van der Waals surface area contributed by atoms with Gasteiger partial charge in [-0.2, -0.15) is 0 Å². The minimum absolute atomic E-state index is 0.0610. The summed E-state index contributed by atoms with van der Waals surface area (Å²) in [5.74, 6) is -0.0610. The molecule has 0 aromatic heterocycles. The lowest BCUT2D eigenvalue weighted by molar-refractivity contribution is 0.0951. The summed E-state index contributed by atoms with van der Waals surface area (Å²) in [7, 11) is 0. The Hall–Kier alpha value is -2.04. The minimum Gasteiger partial charge on any atom is -0.349 e. The van der Waals surface area contributed by atoms with E-state index in [0.717, 1.165) is 50.0 Å². The van der Waals surface area contributed by atoms with Gasteiger partial charge < -0.3 is 15.5 Å². The first-order valence-electron chi connectivity index (χ1n) is 7.61. The smallest absolute Gasteiger partial charge is 0.321 e. The molecular formula is C16H21N3O2. The van der Waals surface area contributed by atoms with Gasteiger partial charge in [-0.25, -0.2) is 4.79 Å². The van der Waals surface area contributed by atoms with E-state index in [9.17, 15) is 9.59 Å². The van der Waals surface area contributed by atoms with Gasteiger partial charge in [0, 0.05) is 30.4 Å². The van der Waals surface area contributed by atoms with E-state index in [4.69, 9.17) is 0 Å². The van der Waals surface area contributed by atoms with Gasteiger partial charge in [-0.05, 0) is 50.3 Å². The fraction of sp³-hybridized carbons (Fsp3) is 0.500. The monoisotopic (exact) mass is 287 g/mol.